The number of carbonyl (C=O) groups is 6. The van der Waals surface area contributed by atoms with Crippen LogP contribution in [0.25, 0.3) is 0 Å². The summed E-state index contributed by atoms with van der Waals surface area (Å²) in [5.74, 6) is -3.91. The van der Waals surface area contributed by atoms with Gasteiger partial charge < -0.3 is 62.2 Å². The molecule has 0 spiro atoms. The van der Waals surface area contributed by atoms with Gasteiger partial charge in [0.05, 0.1) is 30.8 Å². The van der Waals surface area contributed by atoms with Gasteiger partial charge in [-0.3, -0.25) is 24.0 Å². The Labute approximate surface area is 390 Å². The average molecular weight is 940 g/mol. The van der Waals surface area contributed by atoms with E-state index < -0.39 is 133 Å². The SMILES string of the molecule is CCC(=O)O[C@H]1/C=C/C=C/C[C@@H](C)OC(=O)C[C@@H](OC(C)=O)[C@H](OC)[C@@H](O[C@@H]2O[C@H](C)[C@@H](O[C@H]3C[C@@](C)(OC(=O)CC)[C@@H](OC(=O)CC(C)C)[C@H](C)O3)[C@H](N(C)C)[C@H]2O)[C@@H](CC=O)C[C@H]1C. The van der Waals surface area contributed by atoms with Crippen molar-refractivity contribution in [2.45, 2.75) is 206 Å². The second-order valence-corrected chi connectivity index (χ2v) is 18.6. The van der Waals surface area contributed by atoms with Gasteiger partial charge in [-0.05, 0) is 72.0 Å². The number of nitrogens with zero attached hydrogens (tertiary/aromatic N) is 1. The van der Waals surface area contributed by atoms with Crippen molar-refractivity contribution in [1.82, 2.24) is 4.90 Å². The predicted octanol–water partition coefficient (Wildman–Crippen LogP) is 4.94. The second kappa shape index (κ2) is 26.7. The first-order valence-corrected chi connectivity index (χ1v) is 23.3. The van der Waals surface area contributed by atoms with E-state index in [2.05, 4.69) is 0 Å². The monoisotopic (exact) mass is 940 g/mol. The maximum absolute atomic E-state index is 13.4. The zero-order valence-corrected chi connectivity index (χ0v) is 41.2. The molecular weight excluding hydrogens is 863 g/mol. The molecule has 2 saturated heterocycles. The summed E-state index contributed by atoms with van der Waals surface area (Å²) in [6.45, 7) is 17.0. The number of hydrogen-bond donors (Lipinski definition) is 1. The number of aliphatic hydroxyl groups excluding tert-OH is 1. The van der Waals surface area contributed by atoms with E-state index in [4.69, 9.17) is 47.4 Å². The fraction of sp³-hybridized carbons (Fsp3) is 0.792. The van der Waals surface area contributed by atoms with Crippen LogP contribution in [0.2, 0.25) is 0 Å². The average Bonchev–Trinajstić information content (AvgIpc) is 3.21. The number of carbonyl (C=O) groups excluding carboxylic acids is 6. The molecule has 0 bridgehead atoms. The van der Waals surface area contributed by atoms with Crippen LogP contribution in [0.15, 0.2) is 24.3 Å². The molecule has 66 heavy (non-hydrogen) atoms. The molecule has 0 saturated carbocycles. The van der Waals surface area contributed by atoms with Crippen molar-refractivity contribution in [3.8, 4) is 0 Å². The van der Waals surface area contributed by atoms with Crippen molar-refractivity contribution in [1.29, 1.82) is 0 Å². The highest BCUT2D eigenvalue weighted by Crippen LogP contribution is 2.39. The molecule has 0 aromatic carbocycles. The van der Waals surface area contributed by atoms with Crippen molar-refractivity contribution in [3.63, 3.8) is 0 Å². The molecule has 0 aromatic heterocycles. The van der Waals surface area contributed by atoms with Crippen LogP contribution in [0.3, 0.4) is 0 Å². The summed E-state index contributed by atoms with van der Waals surface area (Å²) in [5.41, 5.74) is -1.34. The summed E-state index contributed by atoms with van der Waals surface area (Å²) in [6.07, 6.45) is -4.18. The molecule has 0 radical (unpaired) electrons. The number of aliphatic hydroxyl groups is 1. The molecule has 1 N–H and O–H groups in total. The van der Waals surface area contributed by atoms with Crippen LogP contribution in [-0.2, 0) is 76.1 Å². The minimum atomic E-state index is -1.45. The highest BCUT2D eigenvalue weighted by atomic mass is 16.7. The number of methoxy groups -OCH3 is 1. The van der Waals surface area contributed by atoms with E-state index in [0.717, 1.165) is 0 Å². The van der Waals surface area contributed by atoms with Gasteiger partial charge >= 0.3 is 29.8 Å². The molecule has 3 heterocycles. The first-order chi connectivity index (χ1) is 31.1. The van der Waals surface area contributed by atoms with Crippen molar-refractivity contribution in [3.05, 3.63) is 24.3 Å². The number of cyclic esters (lactones) is 1. The van der Waals surface area contributed by atoms with Crippen LogP contribution >= 0.6 is 0 Å². The fourth-order valence-corrected chi connectivity index (χ4v) is 8.87. The number of rotatable bonds is 16. The van der Waals surface area contributed by atoms with Crippen LogP contribution in [-0.4, -0.2) is 153 Å². The van der Waals surface area contributed by atoms with Crippen molar-refractivity contribution in [2.75, 3.05) is 21.2 Å². The topological polar surface area (TPSA) is 218 Å². The highest BCUT2D eigenvalue weighted by Gasteiger charge is 2.54. The van der Waals surface area contributed by atoms with E-state index in [0.29, 0.717) is 12.7 Å². The van der Waals surface area contributed by atoms with Gasteiger partial charge in [-0.25, -0.2) is 0 Å². The summed E-state index contributed by atoms with van der Waals surface area (Å²) in [4.78, 5) is 78.7. The van der Waals surface area contributed by atoms with E-state index in [-0.39, 0.29) is 44.4 Å². The molecule has 18 nitrogen and oxygen atoms in total. The Morgan fingerprint density at radius 3 is 2.20 bits per heavy atom. The van der Waals surface area contributed by atoms with Gasteiger partial charge in [0.2, 0.25) is 0 Å². The number of allylic oxidation sites excluding steroid dienone is 2. The third kappa shape index (κ3) is 16.5. The molecule has 376 valence electrons. The van der Waals surface area contributed by atoms with Gasteiger partial charge in [0.15, 0.2) is 24.3 Å². The first-order valence-electron chi connectivity index (χ1n) is 23.3. The zero-order chi connectivity index (χ0) is 49.5. The van der Waals surface area contributed by atoms with Gasteiger partial charge in [0.25, 0.3) is 0 Å². The molecule has 0 aromatic rings. The number of esters is 5. The van der Waals surface area contributed by atoms with Crippen LogP contribution in [0.4, 0.5) is 0 Å². The molecule has 3 aliphatic rings. The van der Waals surface area contributed by atoms with Crippen LogP contribution in [0.1, 0.15) is 121 Å². The summed E-state index contributed by atoms with van der Waals surface area (Å²) < 4.78 is 61.4. The lowest BCUT2D eigenvalue weighted by Gasteiger charge is -2.51. The lowest BCUT2D eigenvalue weighted by atomic mass is 9.82. The van der Waals surface area contributed by atoms with E-state index in [1.807, 2.05) is 26.8 Å². The Bertz CT molecular complexity index is 1650. The Hall–Kier alpha value is -3.78. The highest BCUT2D eigenvalue weighted by molar-refractivity contribution is 5.72. The van der Waals surface area contributed by atoms with E-state index in [1.165, 1.54) is 14.0 Å². The molecule has 16 atom stereocenters. The quantitative estimate of drug-likeness (QED) is 0.123. The third-order valence-electron chi connectivity index (χ3n) is 12.1. The summed E-state index contributed by atoms with van der Waals surface area (Å²) in [6, 6.07) is -0.837. The van der Waals surface area contributed by atoms with Crippen molar-refractivity contribution >= 4 is 36.1 Å². The number of aldehydes is 1. The lowest BCUT2D eigenvalue weighted by Crippen LogP contribution is -2.66. The van der Waals surface area contributed by atoms with Gasteiger partial charge in [0.1, 0.15) is 42.9 Å². The normalized spacial score (nSPS) is 37.0. The fourth-order valence-electron chi connectivity index (χ4n) is 8.87. The van der Waals surface area contributed by atoms with Gasteiger partial charge in [-0.15, -0.1) is 0 Å². The van der Waals surface area contributed by atoms with Crippen molar-refractivity contribution in [2.24, 2.45) is 17.8 Å². The van der Waals surface area contributed by atoms with Crippen LogP contribution in [0.5, 0.6) is 0 Å². The van der Waals surface area contributed by atoms with Crippen LogP contribution in [0, 0.1) is 17.8 Å². The third-order valence-corrected chi connectivity index (χ3v) is 12.1. The molecule has 18 heteroatoms. The summed E-state index contributed by atoms with van der Waals surface area (Å²) >= 11 is 0. The van der Waals surface area contributed by atoms with E-state index in [9.17, 15) is 33.9 Å². The molecule has 3 rings (SSSR count). The minimum absolute atomic E-state index is 0.0238. The van der Waals surface area contributed by atoms with Gasteiger partial charge in [-0.2, -0.15) is 0 Å². The Morgan fingerprint density at radius 2 is 1.61 bits per heavy atom. The standard InChI is InChI=1S/C48H77NO17/c1-14-36(52)62-34-20-18-16-17-19-29(6)58-39(55)25-35(61-32(9)51)45(57-13)44(33(21-22-50)24-28(34)5)65-47-42(56)41(49(11)12)43(30(7)60-47)64-40-26-48(10,66-37(53)15-2)46(31(8)59-40)63-38(54)23-27(3)4/h16-18,20,22,27-31,33-35,40-47,56H,14-15,19,21,23-26H2,1-13H3/b17-16+,20-18+/t28-,29-,30-,31+,33+,34+,35-,40+,41-,42-,43-,44+,45+,46+,47+,48-/m1/s1. The smallest absolute Gasteiger partial charge is 0.309 e. The van der Waals surface area contributed by atoms with Gasteiger partial charge in [0, 0.05) is 52.6 Å². The largest absolute Gasteiger partial charge is 0.462 e. The summed E-state index contributed by atoms with van der Waals surface area (Å²) in [5, 5.41) is 12.3. The Balaban J connectivity index is 2.07. The number of likely N-dealkylation sites (N-methyl/N-ethyl adjacent to an activating group) is 1. The molecule has 0 aliphatic carbocycles. The van der Waals surface area contributed by atoms with Gasteiger partial charge in [-0.1, -0.05) is 52.8 Å². The molecule has 0 amide bonds. The maximum atomic E-state index is 13.4. The minimum Gasteiger partial charge on any atom is -0.462 e. The molecular formula is C48H77NO17. The van der Waals surface area contributed by atoms with Crippen LogP contribution < -0.4 is 0 Å². The maximum Gasteiger partial charge on any atom is 0.309 e. The Morgan fingerprint density at radius 1 is 0.924 bits per heavy atom. The summed E-state index contributed by atoms with van der Waals surface area (Å²) in [7, 11) is 4.84. The number of hydrogen-bond acceptors (Lipinski definition) is 18. The molecule has 0 unspecified atom stereocenters. The Kier molecular flexibility index (Phi) is 22.9. The predicted molar refractivity (Wildman–Crippen MR) is 238 cm³/mol. The molecule has 2 fully saturated rings. The van der Waals surface area contributed by atoms with Crippen molar-refractivity contribution < 1.29 is 81.2 Å². The zero-order valence-electron chi connectivity index (χ0n) is 41.2. The van der Waals surface area contributed by atoms with E-state index in [1.54, 1.807) is 78.8 Å². The number of ether oxygens (including phenoxy) is 10. The molecule has 3 aliphatic heterocycles. The van der Waals surface area contributed by atoms with E-state index >= 15 is 0 Å². The first kappa shape index (κ1) is 56.5. The second-order valence-electron chi connectivity index (χ2n) is 18.6. The lowest BCUT2D eigenvalue weighted by molar-refractivity contribution is -0.344.